The Kier molecular flexibility index (Phi) is 3.75. The van der Waals surface area contributed by atoms with E-state index in [1.807, 2.05) is 6.07 Å². The Bertz CT molecular complexity index is 608. The third kappa shape index (κ3) is 3.16. The molecular weight excluding hydrogens is 270 g/mol. The molecule has 0 spiro atoms. The molecule has 1 saturated carbocycles. The molecule has 1 fully saturated rings. The van der Waals surface area contributed by atoms with Gasteiger partial charge in [-0.05, 0) is 44.4 Å². The quantitative estimate of drug-likeness (QED) is 0.716. The van der Waals surface area contributed by atoms with Crippen LogP contribution in [0.15, 0.2) is 23.4 Å². The summed E-state index contributed by atoms with van der Waals surface area (Å²) in [6.45, 7) is 4.30. The van der Waals surface area contributed by atoms with Crippen molar-refractivity contribution >= 4 is 22.8 Å². The predicted octanol–water partition coefficient (Wildman–Crippen LogP) is 2.47. The molecule has 20 heavy (non-hydrogen) atoms. The first kappa shape index (κ1) is 13.9. The van der Waals surface area contributed by atoms with E-state index in [-0.39, 0.29) is 12.1 Å². The van der Waals surface area contributed by atoms with Crippen LogP contribution < -0.4 is 5.32 Å². The molecule has 1 aliphatic carbocycles. The summed E-state index contributed by atoms with van der Waals surface area (Å²) in [5.74, 6) is 0.804. The maximum atomic E-state index is 9.61. The molecule has 1 heterocycles. The van der Waals surface area contributed by atoms with Crippen molar-refractivity contribution in [2.75, 3.05) is 12.4 Å². The molecule has 5 heteroatoms. The van der Waals surface area contributed by atoms with Gasteiger partial charge in [0.05, 0.1) is 17.6 Å². The fraction of sp³-hybridized carbons (Fsp3) is 0.533. The summed E-state index contributed by atoms with van der Waals surface area (Å²) < 4.78 is 0. The highest BCUT2D eigenvalue weighted by molar-refractivity contribution is 7.99. The lowest BCUT2D eigenvalue weighted by Crippen LogP contribution is -2.49. The smallest absolute Gasteiger partial charge is 0.166 e. The summed E-state index contributed by atoms with van der Waals surface area (Å²) in [4.78, 5) is 7.93. The summed E-state index contributed by atoms with van der Waals surface area (Å²) in [6, 6.07) is 6.81. The van der Waals surface area contributed by atoms with Gasteiger partial charge in [-0.2, -0.15) is 0 Å². The van der Waals surface area contributed by atoms with Gasteiger partial charge in [0.15, 0.2) is 5.16 Å². The van der Waals surface area contributed by atoms with Gasteiger partial charge < -0.3 is 15.4 Å². The molecule has 0 saturated heterocycles. The summed E-state index contributed by atoms with van der Waals surface area (Å²) in [5.41, 5.74) is 3.07. The van der Waals surface area contributed by atoms with Crippen LogP contribution in [0.2, 0.25) is 0 Å². The number of hydrogen-bond donors (Lipinski definition) is 3. The van der Waals surface area contributed by atoms with Crippen LogP contribution in [0.3, 0.4) is 0 Å². The van der Waals surface area contributed by atoms with E-state index in [0.29, 0.717) is 6.04 Å². The molecule has 1 atom stereocenters. The van der Waals surface area contributed by atoms with E-state index < -0.39 is 0 Å². The van der Waals surface area contributed by atoms with Crippen molar-refractivity contribution in [2.24, 2.45) is 0 Å². The van der Waals surface area contributed by atoms with Crippen LogP contribution in [-0.4, -0.2) is 39.0 Å². The lowest BCUT2D eigenvalue weighted by Gasteiger charge is -2.28. The molecule has 1 aromatic carbocycles. The van der Waals surface area contributed by atoms with Crippen LogP contribution in [0, 0.1) is 6.92 Å². The molecule has 3 rings (SSSR count). The highest BCUT2D eigenvalue weighted by Crippen LogP contribution is 2.27. The van der Waals surface area contributed by atoms with Gasteiger partial charge in [-0.1, -0.05) is 17.8 Å². The first-order valence-corrected chi connectivity index (χ1v) is 8.04. The standard InChI is InChI=1S/C15H21N3OS/c1-10-3-6-12-13(7-10)17-14(16-12)20-9-15(2,8-19)18-11-4-5-11/h3,6-7,11,18-19H,4-5,8-9H2,1-2H3,(H,16,17). The van der Waals surface area contributed by atoms with Crippen molar-refractivity contribution in [3.05, 3.63) is 23.8 Å². The second-order valence-electron chi connectivity index (χ2n) is 5.99. The maximum absolute atomic E-state index is 9.61. The van der Waals surface area contributed by atoms with Crippen molar-refractivity contribution < 1.29 is 5.11 Å². The van der Waals surface area contributed by atoms with Gasteiger partial charge in [0.2, 0.25) is 0 Å². The van der Waals surface area contributed by atoms with Crippen LogP contribution in [0.25, 0.3) is 11.0 Å². The summed E-state index contributed by atoms with van der Waals surface area (Å²) in [7, 11) is 0. The number of hydrogen-bond acceptors (Lipinski definition) is 4. The van der Waals surface area contributed by atoms with Crippen LogP contribution in [0.4, 0.5) is 0 Å². The van der Waals surface area contributed by atoms with E-state index >= 15 is 0 Å². The third-order valence-electron chi connectivity index (χ3n) is 3.62. The van der Waals surface area contributed by atoms with E-state index in [9.17, 15) is 5.11 Å². The Hall–Kier alpha value is -1.04. The summed E-state index contributed by atoms with van der Waals surface area (Å²) in [5, 5.41) is 14.0. The zero-order chi connectivity index (χ0) is 14.2. The van der Waals surface area contributed by atoms with Gasteiger partial charge in [0.1, 0.15) is 0 Å². The number of aromatic nitrogens is 2. The van der Waals surface area contributed by atoms with Gasteiger partial charge in [-0.15, -0.1) is 0 Å². The number of fused-ring (bicyclic) bond motifs is 1. The molecule has 0 amide bonds. The van der Waals surface area contributed by atoms with Crippen molar-refractivity contribution in [3.63, 3.8) is 0 Å². The minimum Gasteiger partial charge on any atom is -0.394 e. The first-order valence-electron chi connectivity index (χ1n) is 7.06. The number of rotatable bonds is 6. The van der Waals surface area contributed by atoms with Crippen LogP contribution in [0.1, 0.15) is 25.3 Å². The lowest BCUT2D eigenvalue weighted by atomic mass is 10.1. The van der Waals surface area contributed by atoms with Gasteiger partial charge in [-0.3, -0.25) is 0 Å². The minimum absolute atomic E-state index is 0.149. The number of aryl methyl sites for hydroxylation is 1. The van der Waals surface area contributed by atoms with Gasteiger partial charge >= 0.3 is 0 Å². The highest BCUT2D eigenvalue weighted by Gasteiger charge is 2.32. The van der Waals surface area contributed by atoms with Crippen LogP contribution >= 0.6 is 11.8 Å². The Balaban J connectivity index is 1.68. The molecule has 2 aromatic rings. The molecule has 1 aliphatic rings. The maximum Gasteiger partial charge on any atom is 0.166 e. The Morgan fingerprint density at radius 1 is 1.50 bits per heavy atom. The Morgan fingerprint density at radius 2 is 2.30 bits per heavy atom. The second kappa shape index (κ2) is 5.39. The SMILES string of the molecule is Cc1ccc2nc(SCC(C)(CO)NC3CC3)[nH]c2c1. The number of nitrogens with zero attached hydrogens (tertiary/aromatic N) is 1. The zero-order valence-electron chi connectivity index (χ0n) is 11.9. The normalized spacial score (nSPS) is 18.4. The topological polar surface area (TPSA) is 60.9 Å². The monoisotopic (exact) mass is 291 g/mol. The minimum atomic E-state index is -0.235. The molecule has 0 aliphatic heterocycles. The van der Waals surface area contributed by atoms with Crippen LogP contribution in [0.5, 0.6) is 0 Å². The van der Waals surface area contributed by atoms with Gasteiger partial charge in [-0.25, -0.2) is 4.98 Å². The van der Waals surface area contributed by atoms with E-state index in [4.69, 9.17) is 0 Å². The highest BCUT2D eigenvalue weighted by atomic mass is 32.2. The number of aliphatic hydroxyl groups is 1. The van der Waals surface area contributed by atoms with Crippen LogP contribution in [-0.2, 0) is 0 Å². The largest absolute Gasteiger partial charge is 0.394 e. The molecular formula is C15H21N3OS. The van der Waals surface area contributed by atoms with E-state index in [0.717, 1.165) is 21.9 Å². The molecule has 0 bridgehead atoms. The average Bonchev–Trinajstić information content (AvgIpc) is 3.13. The first-order chi connectivity index (χ1) is 9.58. The number of thioether (sulfide) groups is 1. The third-order valence-corrected chi connectivity index (χ3v) is 4.87. The van der Waals surface area contributed by atoms with Crippen molar-refractivity contribution in [2.45, 2.75) is 43.4 Å². The molecule has 108 valence electrons. The van der Waals surface area contributed by atoms with Gasteiger partial charge in [0.25, 0.3) is 0 Å². The molecule has 1 aromatic heterocycles. The van der Waals surface area contributed by atoms with E-state index in [1.165, 1.54) is 18.4 Å². The second-order valence-corrected chi connectivity index (χ2v) is 6.95. The average molecular weight is 291 g/mol. The number of H-pyrrole nitrogens is 1. The Labute approximate surface area is 123 Å². The predicted molar refractivity (Wildman–Crippen MR) is 83.2 cm³/mol. The van der Waals surface area contributed by atoms with Crippen molar-refractivity contribution in [3.8, 4) is 0 Å². The number of aliphatic hydroxyl groups excluding tert-OH is 1. The fourth-order valence-corrected chi connectivity index (χ4v) is 3.22. The molecule has 0 radical (unpaired) electrons. The van der Waals surface area contributed by atoms with Crippen molar-refractivity contribution in [1.29, 1.82) is 0 Å². The summed E-state index contributed by atoms with van der Waals surface area (Å²) >= 11 is 1.66. The Morgan fingerprint density at radius 3 is 3.00 bits per heavy atom. The number of imidazole rings is 1. The van der Waals surface area contributed by atoms with Crippen molar-refractivity contribution in [1.82, 2.24) is 15.3 Å². The fourth-order valence-electron chi connectivity index (χ4n) is 2.25. The molecule has 4 nitrogen and oxygen atoms in total. The van der Waals surface area contributed by atoms with E-state index in [1.54, 1.807) is 11.8 Å². The summed E-state index contributed by atoms with van der Waals surface area (Å²) in [6.07, 6.45) is 2.45. The lowest BCUT2D eigenvalue weighted by molar-refractivity contribution is 0.190. The molecule has 1 unspecified atom stereocenters. The number of nitrogens with one attached hydrogen (secondary N) is 2. The van der Waals surface area contributed by atoms with Gasteiger partial charge in [0, 0.05) is 17.3 Å². The molecule has 3 N–H and O–H groups in total. The zero-order valence-corrected chi connectivity index (χ0v) is 12.8. The number of benzene rings is 1. The number of aromatic amines is 1. The van der Waals surface area contributed by atoms with E-state index in [2.05, 4.69) is 41.3 Å².